The quantitative estimate of drug-likeness (QED) is 0.469. The van der Waals surface area contributed by atoms with Crippen LogP contribution in [0.2, 0.25) is 0 Å². The van der Waals surface area contributed by atoms with Gasteiger partial charge in [-0.1, -0.05) is 30.3 Å². The molecule has 2 aromatic carbocycles. The van der Waals surface area contributed by atoms with Gasteiger partial charge in [-0.15, -0.1) is 0 Å². The van der Waals surface area contributed by atoms with Crippen molar-refractivity contribution in [2.24, 2.45) is 0 Å². The lowest BCUT2D eigenvalue weighted by atomic mass is 9.94. The van der Waals surface area contributed by atoms with Crippen LogP contribution in [0, 0.1) is 0 Å². The maximum absolute atomic E-state index is 12.8. The fourth-order valence-corrected chi connectivity index (χ4v) is 3.40. The average molecular weight is 442 g/mol. The van der Waals surface area contributed by atoms with Gasteiger partial charge in [-0.3, -0.25) is 9.59 Å². The first kappa shape index (κ1) is 22.9. The Morgan fingerprint density at radius 2 is 1.78 bits per heavy atom. The molecule has 2 amide bonds. The average Bonchev–Trinajstić information content (AvgIpc) is 2.81. The molecule has 1 aliphatic heterocycles. The van der Waals surface area contributed by atoms with Crippen molar-refractivity contribution in [3.05, 3.63) is 59.7 Å². The number of esters is 1. The summed E-state index contributed by atoms with van der Waals surface area (Å²) in [5.41, 5.74) is 1.58. The maximum Gasteiger partial charge on any atom is 0.408 e. The Morgan fingerprint density at radius 1 is 1.03 bits per heavy atom. The first-order valence-electron chi connectivity index (χ1n) is 10.0. The number of carbonyl (C=O) groups excluding carboxylic acids is 3. The van der Waals surface area contributed by atoms with Crippen LogP contribution in [0.3, 0.4) is 0 Å². The molecule has 1 heterocycles. The van der Waals surface area contributed by atoms with Crippen molar-refractivity contribution in [3.63, 3.8) is 0 Å². The predicted octanol–water partition coefficient (Wildman–Crippen LogP) is 2.27. The van der Waals surface area contributed by atoms with E-state index in [0.717, 1.165) is 11.1 Å². The van der Waals surface area contributed by atoms with Crippen molar-refractivity contribution in [3.8, 4) is 11.5 Å². The van der Waals surface area contributed by atoms with Gasteiger partial charge in [0.05, 0.1) is 20.3 Å². The highest BCUT2D eigenvalue weighted by atomic mass is 16.5. The first-order valence-corrected chi connectivity index (χ1v) is 10.0. The molecule has 1 saturated heterocycles. The highest BCUT2D eigenvalue weighted by Crippen LogP contribution is 2.30. The predicted molar refractivity (Wildman–Crippen MR) is 114 cm³/mol. The van der Waals surface area contributed by atoms with Gasteiger partial charge < -0.3 is 29.2 Å². The van der Waals surface area contributed by atoms with E-state index in [9.17, 15) is 14.4 Å². The number of amides is 2. The molecule has 0 aromatic heterocycles. The summed E-state index contributed by atoms with van der Waals surface area (Å²) in [6.07, 6.45) is -0.721. The summed E-state index contributed by atoms with van der Waals surface area (Å²) >= 11 is 0. The van der Waals surface area contributed by atoms with Crippen LogP contribution in [0.5, 0.6) is 11.5 Å². The smallest absolute Gasteiger partial charge is 0.408 e. The summed E-state index contributed by atoms with van der Waals surface area (Å²) in [5.74, 6) is 0.396. The Kier molecular flexibility index (Phi) is 7.54. The van der Waals surface area contributed by atoms with Gasteiger partial charge in [-0.2, -0.15) is 0 Å². The Bertz CT molecular complexity index is 964. The SMILES string of the molecule is COc1ccc(CN2C(=O)[C@H](NC(=O)OCc3ccccc3)[C@@H]2COC(C)=O)c(OC)c1. The molecule has 0 spiro atoms. The molecule has 32 heavy (non-hydrogen) atoms. The Morgan fingerprint density at radius 3 is 2.44 bits per heavy atom. The van der Waals surface area contributed by atoms with Crippen molar-refractivity contribution in [2.45, 2.75) is 32.2 Å². The van der Waals surface area contributed by atoms with E-state index >= 15 is 0 Å². The molecule has 0 saturated carbocycles. The third-order valence-corrected chi connectivity index (χ3v) is 5.11. The molecule has 3 rings (SSSR count). The third kappa shape index (κ3) is 5.48. The summed E-state index contributed by atoms with van der Waals surface area (Å²) in [6, 6.07) is 13.1. The van der Waals surface area contributed by atoms with Crippen LogP contribution in [-0.2, 0) is 32.2 Å². The monoisotopic (exact) mass is 442 g/mol. The van der Waals surface area contributed by atoms with Gasteiger partial charge in [0, 0.05) is 25.1 Å². The molecule has 0 unspecified atom stereocenters. The second kappa shape index (κ2) is 10.5. The minimum atomic E-state index is -0.859. The summed E-state index contributed by atoms with van der Waals surface area (Å²) in [7, 11) is 3.08. The van der Waals surface area contributed by atoms with Crippen LogP contribution in [0.1, 0.15) is 18.1 Å². The second-order valence-corrected chi connectivity index (χ2v) is 7.20. The van der Waals surface area contributed by atoms with E-state index < -0.39 is 24.1 Å². The van der Waals surface area contributed by atoms with Gasteiger partial charge in [0.25, 0.3) is 0 Å². The molecule has 0 aliphatic carbocycles. The molecule has 2 aromatic rings. The van der Waals surface area contributed by atoms with Crippen molar-refractivity contribution in [1.29, 1.82) is 0 Å². The van der Waals surface area contributed by atoms with E-state index in [2.05, 4.69) is 5.32 Å². The zero-order valence-electron chi connectivity index (χ0n) is 18.2. The summed E-state index contributed by atoms with van der Waals surface area (Å²) in [5, 5.41) is 2.58. The molecule has 1 fully saturated rings. The summed E-state index contributed by atoms with van der Waals surface area (Å²) < 4.78 is 20.9. The van der Waals surface area contributed by atoms with E-state index in [1.807, 2.05) is 30.3 Å². The van der Waals surface area contributed by atoms with Crippen LogP contribution in [0.4, 0.5) is 4.79 Å². The lowest BCUT2D eigenvalue weighted by molar-refractivity contribution is -0.161. The minimum Gasteiger partial charge on any atom is -0.497 e. The van der Waals surface area contributed by atoms with Gasteiger partial charge in [0.15, 0.2) is 0 Å². The number of benzene rings is 2. The van der Waals surface area contributed by atoms with E-state index in [1.54, 1.807) is 25.3 Å². The van der Waals surface area contributed by atoms with E-state index in [4.69, 9.17) is 18.9 Å². The number of carbonyl (C=O) groups is 3. The van der Waals surface area contributed by atoms with Crippen molar-refractivity contribution in [2.75, 3.05) is 20.8 Å². The van der Waals surface area contributed by atoms with Gasteiger partial charge in [0.1, 0.15) is 30.8 Å². The van der Waals surface area contributed by atoms with Crippen LogP contribution in [0.25, 0.3) is 0 Å². The zero-order valence-corrected chi connectivity index (χ0v) is 18.2. The Labute approximate surface area is 186 Å². The number of hydrogen-bond acceptors (Lipinski definition) is 7. The maximum atomic E-state index is 12.8. The standard InChI is InChI=1S/C23H26N2O7/c1-15(26)31-14-19-21(24-23(28)32-13-16-7-5-4-6-8-16)22(27)25(19)12-17-9-10-18(29-2)11-20(17)30-3/h4-11,19,21H,12-14H2,1-3H3,(H,24,28)/t19-,21+/m0/s1. The number of methoxy groups -OCH3 is 2. The molecule has 0 radical (unpaired) electrons. The molecule has 1 aliphatic rings. The lowest BCUT2D eigenvalue weighted by Crippen LogP contribution is -2.71. The van der Waals surface area contributed by atoms with Gasteiger partial charge in [-0.25, -0.2) is 4.79 Å². The number of rotatable bonds is 9. The van der Waals surface area contributed by atoms with Gasteiger partial charge in [0.2, 0.25) is 5.91 Å². The summed E-state index contributed by atoms with van der Waals surface area (Å²) in [6.45, 7) is 1.53. The van der Waals surface area contributed by atoms with Crippen molar-refractivity contribution in [1.82, 2.24) is 10.2 Å². The number of alkyl carbamates (subject to hydrolysis) is 1. The Balaban J connectivity index is 1.66. The second-order valence-electron chi connectivity index (χ2n) is 7.20. The first-order chi connectivity index (χ1) is 15.4. The van der Waals surface area contributed by atoms with Crippen LogP contribution in [0.15, 0.2) is 48.5 Å². The van der Waals surface area contributed by atoms with Gasteiger partial charge >= 0.3 is 12.1 Å². The van der Waals surface area contributed by atoms with Crippen molar-refractivity contribution < 1.29 is 33.3 Å². The highest BCUT2D eigenvalue weighted by Gasteiger charge is 2.49. The van der Waals surface area contributed by atoms with E-state index in [-0.39, 0.29) is 25.7 Å². The normalized spacial score (nSPS) is 17.2. The third-order valence-electron chi connectivity index (χ3n) is 5.11. The van der Waals surface area contributed by atoms with Crippen LogP contribution >= 0.6 is 0 Å². The minimum absolute atomic E-state index is 0.0524. The molecule has 9 nitrogen and oxygen atoms in total. The number of β-lactam (4-membered cyclic amide) rings is 1. The lowest BCUT2D eigenvalue weighted by Gasteiger charge is -2.46. The van der Waals surface area contributed by atoms with Crippen molar-refractivity contribution >= 4 is 18.0 Å². The molecular weight excluding hydrogens is 416 g/mol. The number of likely N-dealkylation sites (tertiary alicyclic amines) is 1. The topological polar surface area (TPSA) is 103 Å². The highest BCUT2D eigenvalue weighted by molar-refractivity contribution is 5.92. The fraction of sp³-hybridized carbons (Fsp3) is 0.348. The van der Waals surface area contributed by atoms with Crippen LogP contribution < -0.4 is 14.8 Å². The molecule has 2 atom stereocenters. The number of nitrogens with one attached hydrogen (secondary N) is 1. The molecule has 0 bridgehead atoms. The number of hydrogen-bond donors (Lipinski definition) is 1. The van der Waals surface area contributed by atoms with Crippen LogP contribution in [-0.4, -0.2) is 55.8 Å². The van der Waals surface area contributed by atoms with Gasteiger partial charge in [-0.05, 0) is 17.7 Å². The number of ether oxygens (including phenoxy) is 4. The van der Waals surface area contributed by atoms with E-state index in [1.165, 1.54) is 18.9 Å². The molecule has 1 N–H and O–H groups in total. The fourth-order valence-electron chi connectivity index (χ4n) is 3.40. The Hall–Kier alpha value is -3.75. The molecule has 9 heteroatoms. The largest absolute Gasteiger partial charge is 0.497 e. The van der Waals surface area contributed by atoms with E-state index in [0.29, 0.717) is 11.5 Å². The molecular formula is C23H26N2O7. The number of nitrogens with zero attached hydrogens (tertiary/aromatic N) is 1. The summed E-state index contributed by atoms with van der Waals surface area (Å²) in [4.78, 5) is 37.9. The zero-order chi connectivity index (χ0) is 23.1. The molecule has 170 valence electrons.